The van der Waals surface area contributed by atoms with Crippen LogP contribution in [0.25, 0.3) is 0 Å². The average molecular weight is 264 g/mol. The molecule has 0 spiro atoms. The molecule has 104 valence electrons. The van der Waals surface area contributed by atoms with Crippen molar-refractivity contribution >= 4 is 5.78 Å². The summed E-state index contributed by atoms with van der Waals surface area (Å²) in [6.07, 6.45) is 1.72. The number of ketones is 1. The van der Waals surface area contributed by atoms with E-state index in [2.05, 4.69) is 0 Å². The van der Waals surface area contributed by atoms with Gasteiger partial charge in [0.05, 0.1) is 14.2 Å². The lowest BCUT2D eigenvalue weighted by Gasteiger charge is -2.34. The molecule has 1 aliphatic rings. The second-order valence-electron chi connectivity index (χ2n) is 5.38. The van der Waals surface area contributed by atoms with E-state index < -0.39 is 0 Å². The van der Waals surface area contributed by atoms with Gasteiger partial charge >= 0.3 is 0 Å². The topological polar surface area (TPSA) is 44.8 Å². The Balaban J connectivity index is 2.70. The van der Waals surface area contributed by atoms with Crippen molar-refractivity contribution in [1.29, 1.82) is 0 Å². The van der Waals surface area contributed by atoms with Crippen LogP contribution in [-0.2, 0) is 6.42 Å². The molecule has 1 aliphatic heterocycles. The highest BCUT2D eigenvalue weighted by atomic mass is 16.5. The maximum Gasteiger partial charge on any atom is 0.167 e. The first kappa shape index (κ1) is 13.7. The van der Waals surface area contributed by atoms with Gasteiger partial charge in [-0.05, 0) is 33.6 Å². The molecule has 0 radical (unpaired) electrons. The number of methoxy groups -OCH3 is 2. The second kappa shape index (κ2) is 4.76. The molecule has 4 nitrogen and oxygen atoms in total. The summed E-state index contributed by atoms with van der Waals surface area (Å²) >= 11 is 0. The number of benzene rings is 1. The summed E-state index contributed by atoms with van der Waals surface area (Å²) in [4.78, 5) is 11.9. The standard InChI is InChI=1S/C15H20O4/c1-9(16)13-12(18-5)8-11(17-4)10-6-7-15(2,3)19-14(10)13/h8H,6-7H2,1-5H3. The highest BCUT2D eigenvalue weighted by Crippen LogP contribution is 2.45. The van der Waals surface area contributed by atoms with Crippen LogP contribution in [0.4, 0.5) is 0 Å². The first-order valence-corrected chi connectivity index (χ1v) is 6.37. The summed E-state index contributed by atoms with van der Waals surface area (Å²) in [6, 6.07) is 1.76. The molecule has 4 heteroatoms. The number of carbonyl (C=O) groups is 1. The molecule has 0 N–H and O–H groups in total. The fourth-order valence-corrected chi connectivity index (χ4v) is 2.43. The molecule has 1 heterocycles. The van der Waals surface area contributed by atoms with E-state index in [0.29, 0.717) is 22.8 Å². The molecule has 0 unspecified atom stereocenters. The molecule has 0 aromatic heterocycles. The Bertz CT molecular complexity index is 517. The largest absolute Gasteiger partial charge is 0.496 e. The molecule has 1 aromatic carbocycles. The van der Waals surface area contributed by atoms with Crippen LogP contribution in [0.2, 0.25) is 0 Å². The third-order valence-corrected chi connectivity index (χ3v) is 3.45. The normalized spacial score (nSPS) is 16.3. The number of hydrogen-bond donors (Lipinski definition) is 0. The monoisotopic (exact) mass is 264 g/mol. The predicted molar refractivity (Wildman–Crippen MR) is 72.6 cm³/mol. The van der Waals surface area contributed by atoms with Gasteiger partial charge in [-0.3, -0.25) is 4.79 Å². The third kappa shape index (κ3) is 2.39. The second-order valence-corrected chi connectivity index (χ2v) is 5.38. The molecule has 19 heavy (non-hydrogen) atoms. The van der Waals surface area contributed by atoms with E-state index in [0.717, 1.165) is 18.4 Å². The summed E-state index contributed by atoms with van der Waals surface area (Å²) < 4.78 is 16.7. The van der Waals surface area contributed by atoms with Crippen LogP contribution in [0.1, 0.15) is 43.1 Å². The minimum absolute atomic E-state index is 0.0616. The van der Waals surface area contributed by atoms with Gasteiger partial charge in [-0.15, -0.1) is 0 Å². The summed E-state index contributed by atoms with van der Waals surface area (Å²) in [5.74, 6) is 1.77. The minimum Gasteiger partial charge on any atom is -0.496 e. The molecule has 0 amide bonds. The molecule has 0 fully saturated rings. The van der Waals surface area contributed by atoms with Gasteiger partial charge in [0.1, 0.15) is 28.4 Å². The van der Waals surface area contributed by atoms with E-state index in [-0.39, 0.29) is 11.4 Å². The van der Waals surface area contributed by atoms with Gasteiger partial charge in [0.15, 0.2) is 5.78 Å². The van der Waals surface area contributed by atoms with Crippen molar-refractivity contribution in [3.63, 3.8) is 0 Å². The van der Waals surface area contributed by atoms with E-state index in [9.17, 15) is 4.79 Å². The maximum atomic E-state index is 11.9. The molecule has 2 rings (SSSR count). The number of carbonyl (C=O) groups excluding carboxylic acids is 1. The van der Waals surface area contributed by atoms with Crippen molar-refractivity contribution in [3.8, 4) is 17.2 Å². The van der Waals surface area contributed by atoms with Crippen LogP contribution in [0.3, 0.4) is 0 Å². The number of rotatable bonds is 3. The molecule has 0 bridgehead atoms. The van der Waals surface area contributed by atoms with E-state index >= 15 is 0 Å². The van der Waals surface area contributed by atoms with E-state index in [1.54, 1.807) is 20.3 Å². The highest BCUT2D eigenvalue weighted by molar-refractivity contribution is 6.00. The third-order valence-electron chi connectivity index (χ3n) is 3.45. The van der Waals surface area contributed by atoms with E-state index in [1.807, 2.05) is 13.8 Å². The Morgan fingerprint density at radius 2 is 1.89 bits per heavy atom. The van der Waals surface area contributed by atoms with Crippen molar-refractivity contribution in [2.45, 2.75) is 39.2 Å². The molecule has 0 saturated carbocycles. The molecule has 0 saturated heterocycles. The number of ether oxygens (including phenoxy) is 3. The van der Waals surface area contributed by atoms with E-state index in [4.69, 9.17) is 14.2 Å². The van der Waals surface area contributed by atoms with Gasteiger partial charge in [-0.1, -0.05) is 0 Å². The summed E-state index contributed by atoms with van der Waals surface area (Å²) in [7, 11) is 3.16. The van der Waals surface area contributed by atoms with Gasteiger partial charge in [-0.25, -0.2) is 0 Å². The van der Waals surface area contributed by atoms with Gasteiger partial charge in [-0.2, -0.15) is 0 Å². The minimum atomic E-state index is -0.283. The first-order valence-electron chi connectivity index (χ1n) is 6.37. The summed E-state index contributed by atoms with van der Waals surface area (Å²) in [5, 5.41) is 0. The molecular formula is C15H20O4. The number of Topliss-reactive ketones (excluding diaryl/α,β-unsaturated/α-hetero) is 1. The zero-order valence-electron chi connectivity index (χ0n) is 12.1. The Kier molecular flexibility index (Phi) is 3.43. The lowest BCUT2D eigenvalue weighted by molar-refractivity contribution is 0.0794. The average Bonchev–Trinajstić information content (AvgIpc) is 2.34. The van der Waals surface area contributed by atoms with E-state index in [1.165, 1.54) is 6.92 Å². The number of fused-ring (bicyclic) bond motifs is 1. The Labute approximate surface area is 113 Å². The smallest absolute Gasteiger partial charge is 0.167 e. The van der Waals surface area contributed by atoms with Crippen molar-refractivity contribution in [2.75, 3.05) is 14.2 Å². The summed E-state index contributed by atoms with van der Waals surface area (Å²) in [5.41, 5.74) is 1.17. The fourth-order valence-electron chi connectivity index (χ4n) is 2.43. The quantitative estimate of drug-likeness (QED) is 0.787. The van der Waals surface area contributed by atoms with Crippen LogP contribution < -0.4 is 14.2 Å². The molecule has 1 aromatic rings. The maximum absolute atomic E-state index is 11.9. The zero-order chi connectivity index (χ0) is 14.2. The van der Waals surface area contributed by atoms with Crippen molar-refractivity contribution in [3.05, 3.63) is 17.2 Å². The van der Waals surface area contributed by atoms with Gasteiger partial charge in [0.25, 0.3) is 0 Å². The highest BCUT2D eigenvalue weighted by Gasteiger charge is 2.33. The Morgan fingerprint density at radius 1 is 1.26 bits per heavy atom. The SMILES string of the molecule is COc1cc(OC)c(C(C)=O)c2c1CCC(C)(C)O2. The van der Waals surface area contributed by atoms with Crippen molar-refractivity contribution in [2.24, 2.45) is 0 Å². The lowest BCUT2D eigenvalue weighted by atomic mass is 9.91. The van der Waals surface area contributed by atoms with Crippen LogP contribution >= 0.6 is 0 Å². The Morgan fingerprint density at radius 3 is 2.42 bits per heavy atom. The summed E-state index contributed by atoms with van der Waals surface area (Å²) in [6.45, 7) is 5.56. The van der Waals surface area contributed by atoms with Crippen molar-refractivity contribution in [1.82, 2.24) is 0 Å². The number of hydrogen-bond acceptors (Lipinski definition) is 4. The molecule has 0 atom stereocenters. The fraction of sp³-hybridized carbons (Fsp3) is 0.533. The van der Waals surface area contributed by atoms with Crippen molar-refractivity contribution < 1.29 is 19.0 Å². The molecular weight excluding hydrogens is 244 g/mol. The first-order chi connectivity index (χ1) is 8.89. The predicted octanol–water partition coefficient (Wildman–Crippen LogP) is 3.01. The van der Waals surface area contributed by atoms with Crippen LogP contribution in [0, 0.1) is 0 Å². The lowest BCUT2D eigenvalue weighted by Crippen LogP contribution is -2.33. The van der Waals surface area contributed by atoms with Crippen LogP contribution in [0.15, 0.2) is 6.07 Å². The molecule has 0 aliphatic carbocycles. The van der Waals surface area contributed by atoms with Gasteiger partial charge in [0, 0.05) is 11.6 Å². The zero-order valence-corrected chi connectivity index (χ0v) is 12.1. The van der Waals surface area contributed by atoms with Gasteiger partial charge in [0.2, 0.25) is 0 Å². The van der Waals surface area contributed by atoms with Crippen LogP contribution in [0.5, 0.6) is 17.2 Å². The Hall–Kier alpha value is -1.71. The van der Waals surface area contributed by atoms with Crippen LogP contribution in [-0.4, -0.2) is 25.6 Å². The van der Waals surface area contributed by atoms with Gasteiger partial charge < -0.3 is 14.2 Å².